The summed E-state index contributed by atoms with van der Waals surface area (Å²) in [4.78, 5) is 28.8. The van der Waals surface area contributed by atoms with Gasteiger partial charge in [0.15, 0.2) is 0 Å². The molecule has 1 N–H and O–H groups in total. The first kappa shape index (κ1) is 33.4. The highest BCUT2D eigenvalue weighted by atomic mass is 32.2. The van der Waals surface area contributed by atoms with Crippen LogP contribution in [0.4, 0.5) is 10.1 Å². The molecule has 0 spiro atoms. The van der Waals surface area contributed by atoms with Crippen LogP contribution >= 0.6 is 0 Å². The summed E-state index contributed by atoms with van der Waals surface area (Å²) in [6, 6.07) is 16.8. The Kier molecular flexibility index (Phi) is 11.9. The number of methoxy groups -OCH3 is 1. The lowest BCUT2D eigenvalue weighted by Gasteiger charge is -2.33. The van der Waals surface area contributed by atoms with Gasteiger partial charge in [-0.25, -0.2) is 12.8 Å². The SMILES string of the molecule is CCOc1ccc(N(CC(=O)N(Cc2cccc(OC)c2)[C@@H](CC)C(=O)N[C@@H](C)CC)S(=O)(=O)c2ccc(F)cc2)cc1. The van der Waals surface area contributed by atoms with Gasteiger partial charge in [-0.2, -0.15) is 0 Å². The Morgan fingerprint density at radius 3 is 2.19 bits per heavy atom. The molecule has 0 heterocycles. The molecule has 0 saturated carbocycles. The van der Waals surface area contributed by atoms with E-state index in [1.165, 1.54) is 12.0 Å². The maximum absolute atomic E-state index is 14.2. The number of carbonyl (C=O) groups excluding carboxylic acids is 2. The molecule has 43 heavy (non-hydrogen) atoms. The van der Waals surface area contributed by atoms with Gasteiger partial charge in [0.05, 0.1) is 24.3 Å². The van der Waals surface area contributed by atoms with Gasteiger partial charge in [0.1, 0.15) is 29.9 Å². The molecule has 0 aliphatic rings. The smallest absolute Gasteiger partial charge is 0.264 e. The summed E-state index contributed by atoms with van der Waals surface area (Å²) in [6.07, 6.45) is 0.999. The molecule has 2 amide bonds. The number of anilines is 1. The minimum Gasteiger partial charge on any atom is -0.497 e. The summed E-state index contributed by atoms with van der Waals surface area (Å²) in [5, 5.41) is 2.95. The highest BCUT2D eigenvalue weighted by molar-refractivity contribution is 7.92. The molecule has 0 unspecified atom stereocenters. The third kappa shape index (κ3) is 8.70. The van der Waals surface area contributed by atoms with Crippen molar-refractivity contribution in [3.63, 3.8) is 0 Å². The van der Waals surface area contributed by atoms with Crippen molar-refractivity contribution in [3.8, 4) is 11.5 Å². The van der Waals surface area contributed by atoms with Gasteiger partial charge in [-0.1, -0.05) is 26.0 Å². The average Bonchev–Trinajstić information content (AvgIpc) is 3.00. The zero-order valence-corrected chi connectivity index (χ0v) is 26.1. The third-order valence-electron chi connectivity index (χ3n) is 6.99. The number of rotatable bonds is 15. The second kappa shape index (κ2) is 15.4. The summed E-state index contributed by atoms with van der Waals surface area (Å²) in [5.41, 5.74) is 0.913. The van der Waals surface area contributed by atoms with Gasteiger partial charge >= 0.3 is 0 Å². The molecule has 9 nitrogen and oxygen atoms in total. The molecule has 2 atom stereocenters. The predicted molar refractivity (Wildman–Crippen MR) is 164 cm³/mol. The topological polar surface area (TPSA) is 105 Å². The van der Waals surface area contributed by atoms with Crippen molar-refractivity contribution in [2.75, 3.05) is 24.6 Å². The third-order valence-corrected chi connectivity index (χ3v) is 8.78. The molecular formula is C32H40FN3O6S. The number of carbonyl (C=O) groups is 2. The summed E-state index contributed by atoms with van der Waals surface area (Å²) >= 11 is 0. The molecular weight excluding hydrogens is 573 g/mol. The van der Waals surface area contributed by atoms with Crippen LogP contribution in [0.2, 0.25) is 0 Å². The molecule has 0 aromatic heterocycles. The Morgan fingerprint density at radius 2 is 1.60 bits per heavy atom. The number of nitrogens with zero attached hydrogens (tertiary/aromatic N) is 2. The van der Waals surface area contributed by atoms with Crippen molar-refractivity contribution >= 4 is 27.5 Å². The molecule has 0 fully saturated rings. The standard InChI is InChI=1S/C32H40FN3O6S/c1-6-23(4)34-32(38)30(7-2)35(21-24-10-9-11-28(20-24)41-5)31(37)22-36(26-14-16-27(17-15-26)42-8-3)43(39,40)29-18-12-25(33)13-19-29/h9-20,23,30H,6-8,21-22H2,1-5H3,(H,34,38)/t23-,30-/m0/s1. The monoisotopic (exact) mass is 613 g/mol. The summed E-state index contributed by atoms with van der Waals surface area (Å²) < 4.78 is 53.3. The van der Waals surface area contributed by atoms with E-state index in [1.54, 1.807) is 49.4 Å². The largest absolute Gasteiger partial charge is 0.497 e. The minimum atomic E-state index is -4.33. The summed E-state index contributed by atoms with van der Waals surface area (Å²) in [6.45, 7) is 7.30. The van der Waals surface area contributed by atoms with Gasteiger partial charge in [0.2, 0.25) is 11.8 Å². The maximum atomic E-state index is 14.2. The van der Waals surface area contributed by atoms with E-state index in [4.69, 9.17) is 9.47 Å². The van der Waals surface area contributed by atoms with Crippen LogP contribution in [0.5, 0.6) is 11.5 Å². The lowest BCUT2D eigenvalue weighted by Crippen LogP contribution is -2.53. The van der Waals surface area contributed by atoms with Crippen LogP contribution < -0.4 is 19.1 Å². The fraction of sp³-hybridized carbons (Fsp3) is 0.375. The highest BCUT2D eigenvalue weighted by Crippen LogP contribution is 2.27. The second-order valence-corrected chi connectivity index (χ2v) is 11.9. The Balaban J connectivity index is 2.07. The summed E-state index contributed by atoms with van der Waals surface area (Å²) in [7, 11) is -2.79. The number of halogens is 1. The number of sulfonamides is 1. The van der Waals surface area contributed by atoms with Crippen molar-refractivity contribution in [3.05, 3.63) is 84.2 Å². The molecule has 0 bridgehead atoms. The van der Waals surface area contributed by atoms with E-state index in [-0.39, 0.29) is 29.1 Å². The Morgan fingerprint density at radius 1 is 0.930 bits per heavy atom. The van der Waals surface area contributed by atoms with Crippen LogP contribution in [0, 0.1) is 5.82 Å². The fourth-order valence-electron chi connectivity index (χ4n) is 4.47. The van der Waals surface area contributed by atoms with Crippen molar-refractivity contribution in [1.82, 2.24) is 10.2 Å². The van der Waals surface area contributed by atoms with E-state index in [0.717, 1.165) is 28.6 Å². The van der Waals surface area contributed by atoms with Crippen LogP contribution in [0.25, 0.3) is 0 Å². The van der Waals surface area contributed by atoms with Crippen LogP contribution in [0.3, 0.4) is 0 Å². The van der Waals surface area contributed by atoms with E-state index >= 15 is 0 Å². The molecule has 0 saturated heterocycles. The van der Waals surface area contributed by atoms with Crippen molar-refractivity contribution in [2.24, 2.45) is 0 Å². The predicted octanol–water partition coefficient (Wildman–Crippen LogP) is 5.15. The number of benzene rings is 3. The number of hydrogen-bond donors (Lipinski definition) is 1. The Labute approximate surface area is 253 Å². The van der Waals surface area contributed by atoms with Crippen LogP contribution in [-0.2, 0) is 26.2 Å². The molecule has 3 aromatic carbocycles. The summed E-state index contributed by atoms with van der Waals surface area (Å²) in [5.74, 6) is -0.401. The van der Waals surface area contributed by atoms with E-state index in [2.05, 4.69) is 5.32 Å². The minimum absolute atomic E-state index is 0.0379. The molecule has 0 radical (unpaired) electrons. The maximum Gasteiger partial charge on any atom is 0.264 e. The number of nitrogens with one attached hydrogen (secondary N) is 1. The number of ether oxygens (including phenoxy) is 2. The quantitative estimate of drug-likeness (QED) is 0.254. The van der Waals surface area contributed by atoms with E-state index in [0.29, 0.717) is 36.5 Å². The molecule has 3 rings (SSSR count). The number of hydrogen-bond acceptors (Lipinski definition) is 6. The molecule has 0 aliphatic heterocycles. The molecule has 11 heteroatoms. The average molecular weight is 614 g/mol. The van der Waals surface area contributed by atoms with Crippen molar-refractivity contribution in [2.45, 2.75) is 64.1 Å². The second-order valence-electron chi connectivity index (χ2n) is 10.0. The first-order chi connectivity index (χ1) is 20.5. The zero-order chi connectivity index (χ0) is 31.6. The van der Waals surface area contributed by atoms with Crippen molar-refractivity contribution in [1.29, 1.82) is 0 Å². The van der Waals surface area contributed by atoms with Crippen LogP contribution in [0.1, 0.15) is 46.1 Å². The lowest BCUT2D eigenvalue weighted by molar-refractivity contribution is -0.140. The van der Waals surface area contributed by atoms with Gasteiger partial charge in [0.25, 0.3) is 10.0 Å². The normalized spacial score (nSPS) is 12.6. The first-order valence-corrected chi connectivity index (χ1v) is 15.7. The lowest BCUT2D eigenvalue weighted by atomic mass is 10.1. The molecule has 3 aromatic rings. The Hall–Kier alpha value is -4.12. The molecule has 232 valence electrons. The highest BCUT2D eigenvalue weighted by Gasteiger charge is 2.34. The van der Waals surface area contributed by atoms with Crippen LogP contribution in [-0.4, -0.2) is 57.5 Å². The van der Waals surface area contributed by atoms with E-state index < -0.39 is 34.3 Å². The van der Waals surface area contributed by atoms with Gasteiger partial charge in [-0.05, 0) is 92.9 Å². The first-order valence-electron chi connectivity index (χ1n) is 14.3. The zero-order valence-electron chi connectivity index (χ0n) is 25.2. The van der Waals surface area contributed by atoms with E-state index in [1.807, 2.05) is 26.8 Å². The fourth-order valence-corrected chi connectivity index (χ4v) is 5.88. The molecule has 0 aliphatic carbocycles. The Bertz CT molecular complexity index is 1470. The van der Waals surface area contributed by atoms with Crippen molar-refractivity contribution < 1.29 is 31.9 Å². The van der Waals surface area contributed by atoms with Gasteiger partial charge < -0.3 is 19.7 Å². The van der Waals surface area contributed by atoms with Gasteiger partial charge in [-0.15, -0.1) is 0 Å². The number of amides is 2. The van der Waals surface area contributed by atoms with Gasteiger partial charge in [-0.3, -0.25) is 13.9 Å². The van der Waals surface area contributed by atoms with Crippen LogP contribution in [0.15, 0.2) is 77.7 Å². The van der Waals surface area contributed by atoms with E-state index in [9.17, 15) is 22.4 Å². The van der Waals surface area contributed by atoms with Gasteiger partial charge in [0, 0.05) is 12.6 Å².